The molecule has 1 unspecified atom stereocenters. The summed E-state index contributed by atoms with van der Waals surface area (Å²) in [6.07, 6.45) is -0.311. The predicted octanol–water partition coefficient (Wildman–Crippen LogP) is 13.9. The molecule has 63 heavy (non-hydrogen) atoms. The second-order valence-corrected chi connectivity index (χ2v) is 16.1. The summed E-state index contributed by atoms with van der Waals surface area (Å²) in [7, 11) is 0. The van der Waals surface area contributed by atoms with Crippen molar-refractivity contribution in [3.63, 3.8) is 0 Å². The van der Waals surface area contributed by atoms with Gasteiger partial charge < -0.3 is 18.9 Å². The molecule has 296 valence electrons. The van der Waals surface area contributed by atoms with E-state index in [0.29, 0.717) is 5.84 Å². The highest BCUT2D eigenvalue weighted by Crippen LogP contribution is 2.50. The summed E-state index contributed by atoms with van der Waals surface area (Å²) in [6, 6.07) is 74.8. The van der Waals surface area contributed by atoms with Crippen LogP contribution in [0.3, 0.4) is 0 Å². The smallest absolute Gasteiger partial charge is 0.162 e. The Labute approximate surface area is 362 Å². The number of furan rings is 1. The highest BCUT2D eigenvalue weighted by atomic mass is 16.3. The number of amidine groups is 2. The molecule has 0 saturated carbocycles. The molecular formula is C57H37N5O. The lowest BCUT2D eigenvalue weighted by atomic mass is 9.99. The van der Waals surface area contributed by atoms with Crippen LogP contribution in [0.25, 0.3) is 88.1 Å². The zero-order valence-corrected chi connectivity index (χ0v) is 34.0. The van der Waals surface area contributed by atoms with E-state index in [1.807, 2.05) is 24.3 Å². The summed E-state index contributed by atoms with van der Waals surface area (Å²) in [5, 5.41) is 10.5. The van der Waals surface area contributed by atoms with Crippen LogP contribution in [-0.2, 0) is 0 Å². The fraction of sp³-hybridized carbons (Fsp3) is 0.0175. The first kappa shape index (κ1) is 35.3. The molecule has 3 aromatic heterocycles. The van der Waals surface area contributed by atoms with Gasteiger partial charge in [0.1, 0.15) is 17.6 Å². The topological polar surface area (TPSA) is 59.8 Å². The first-order valence-corrected chi connectivity index (χ1v) is 21.4. The van der Waals surface area contributed by atoms with Crippen LogP contribution >= 0.6 is 0 Å². The van der Waals surface area contributed by atoms with Gasteiger partial charge in [0.05, 0.1) is 33.1 Å². The molecule has 1 aliphatic heterocycles. The second-order valence-electron chi connectivity index (χ2n) is 16.1. The molecule has 0 fully saturated rings. The number of hydrogen-bond donors (Lipinski definition) is 1. The van der Waals surface area contributed by atoms with E-state index in [1.165, 1.54) is 21.5 Å². The van der Waals surface area contributed by atoms with Crippen LogP contribution < -0.4 is 5.32 Å². The van der Waals surface area contributed by atoms with Crippen molar-refractivity contribution in [1.29, 1.82) is 0 Å². The van der Waals surface area contributed by atoms with Gasteiger partial charge in [0.2, 0.25) is 0 Å². The lowest BCUT2D eigenvalue weighted by molar-refractivity contribution is 0.671. The number of aliphatic imine (C=N–C) groups is 2. The van der Waals surface area contributed by atoms with Crippen molar-refractivity contribution < 1.29 is 4.42 Å². The summed E-state index contributed by atoms with van der Waals surface area (Å²) in [6.45, 7) is 0. The molecule has 0 spiro atoms. The Bertz CT molecular complexity index is 3800. The highest BCUT2D eigenvalue weighted by molar-refractivity contribution is 6.39. The fourth-order valence-corrected chi connectivity index (χ4v) is 9.83. The van der Waals surface area contributed by atoms with Gasteiger partial charge in [0, 0.05) is 49.3 Å². The summed E-state index contributed by atoms with van der Waals surface area (Å²) in [5.74, 6) is 1.46. The number of fused-ring (bicyclic) bond motifs is 12. The normalized spacial score (nSPS) is 14.2. The molecule has 0 saturated heterocycles. The quantitative estimate of drug-likeness (QED) is 0.182. The molecule has 13 rings (SSSR count). The number of hydrogen-bond acceptors (Lipinski definition) is 4. The molecule has 12 aromatic rings. The van der Waals surface area contributed by atoms with Crippen LogP contribution in [0.1, 0.15) is 22.9 Å². The minimum absolute atomic E-state index is 0.311. The lowest BCUT2D eigenvalue weighted by Gasteiger charge is -2.24. The first-order chi connectivity index (χ1) is 31.3. The van der Waals surface area contributed by atoms with Crippen LogP contribution in [0.2, 0.25) is 0 Å². The Morgan fingerprint density at radius 1 is 0.460 bits per heavy atom. The van der Waals surface area contributed by atoms with Crippen molar-refractivity contribution in [3.8, 4) is 22.5 Å². The molecule has 0 radical (unpaired) electrons. The third-order valence-corrected chi connectivity index (χ3v) is 12.5. The maximum atomic E-state index is 7.09. The van der Waals surface area contributed by atoms with Gasteiger partial charge in [-0.05, 0) is 59.7 Å². The lowest BCUT2D eigenvalue weighted by Crippen LogP contribution is -2.33. The van der Waals surface area contributed by atoms with Crippen molar-refractivity contribution in [2.24, 2.45) is 9.98 Å². The summed E-state index contributed by atoms with van der Waals surface area (Å²) >= 11 is 0. The van der Waals surface area contributed by atoms with Gasteiger partial charge in [-0.3, -0.25) is 0 Å². The van der Waals surface area contributed by atoms with Crippen molar-refractivity contribution >= 4 is 77.2 Å². The van der Waals surface area contributed by atoms with E-state index in [4.69, 9.17) is 14.4 Å². The Kier molecular flexibility index (Phi) is 7.87. The van der Waals surface area contributed by atoms with E-state index in [2.05, 4.69) is 203 Å². The zero-order chi connectivity index (χ0) is 41.4. The molecule has 0 bridgehead atoms. The Morgan fingerprint density at radius 3 is 1.75 bits per heavy atom. The third-order valence-electron chi connectivity index (χ3n) is 12.5. The van der Waals surface area contributed by atoms with Gasteiger partial charge in [0.25, 0.3) is 0 Å². The second kappa shape index (κ2) is 14.0. The van der Waals surface area contributed by atoms with E-state index in [-0.39, 0.29) is 6.17 Å². The third kappa shape index (κ3) is 5.45. The van der Waals surface area contributed by atoms with Gasteiger partial charge in [-0.25, -0.2) is 9.98 Å². The van der Waals surface area contributed by atoms with E-state index in [1.54, 1.807) is 0 Å². The van der Waals surface area contributed by atoms with Gasteiger partial charge in [-0.2, -0.15) is 0 Å². The largest absolute Gasteiger partial charge is 0.454 e. The van der Waals surface area contributed by atoms with Crippen LogP contribution in [0, 0.1) is 0 Å². The number of benzene rings is 9. The minimum Gasteiger partial charge on any atom is -0.454 e. The number of nitrogens with one attached hydrogen (secondary N) is 1. The predicted molar refractivity (Wildman–Crippen MR) is 260 cm³/mol. The molecule has 9 aromatic carbocycles. The van der Waals surface area contributed by atoms with Crippen LogP contribution in [0.15, 0.2) is 227 Å². The Hall–Kier alpha value is -8.48. The molecular weight excluding hydrogens is 771 g/mol. The van der Waals surface area contributed by atoms with E-state index >= 15 is 0 Å². The van der Waals surface area contributed by atoms with Crippen molar-refractivity contribution in [3.05, 3.63) is 229 Å². The standard InChI is InChI=1S/C57H37N5O/c1-5-19-36(20-6-1)44-35-39(57-59-55(37-21-7-2-8-22-37)58-56(60-57)38-23-9-3-10-24-38)33-34-47(44)62-46-31-17-14-28-42(46)49-50-41-27-13-16-30-45(41)61(40-25-11-4-12-26-40)53(50)54-51(52(49)62)43-29-15-18-32-48(43)63-54/h1-35,55H,(H,58,59,60). The van der Waals surface area contributed by atoms with Gasteiger partial charge in [-0.15, -0.1) is 0 Å². The van der Waals surface area contributed by atoms with Gasteiger partial charge in [-0.1, -0.05) is 164 Å². The van der Waals surface area contributed by atoms with Gasteiger partial charge >= 0.3 is 0 Å². The summed E-state index contributed by atoms with van der Waals surface area (Å²) < 4.78 is 12.0. The van der Waals surface area contributed by atoms with Gasteiger partial charge in [0.15, 0.2) is 11.4 Å². The zero-order valence-electron chi connectivity index (χ0n) is 34.0. The summed E-state index contributed by atoms with van der Waals surface area (Å²) in [5.41, 5.74) is 13.4. The number of para-hydroxylation sites is 4. The monoisotopic (exact) mass is 807 g/mol. The average molecular weight is 808 g/mol. The molecule has 4 heterocycles. The van der Waals surface area contributed by atoms with Crippen LogP contribution in [0.4, 0.5) is 0 Å². The van der Waals surface area contributed by atoms with E-state index in [0.717, 1.165) is 89.0 Å². The van der Waals surface area contributed by atoms with Crippen LogP contribution in [0.5, 0.6) is 0 Å². The molecule has 1 aliphatic rings. The fourth-order valence-electron chi connectivity index (χ4n) is 9.83. The SMILES string of the molecule is c1ccc(C2=NC(c3ccc(-n4c5ccccc5c5c6c7ccccc7n(-c7ccccc7)c6c6oc7ccccc7c6c54)c(-c4ccccc4)c3)=NC(c3ccccc3)N2)cc1. The molecule has 1 N–H and O–H groups in total. The Morgan fingerprint density at radius 2 is 1.03 bits per heavy atom. The molecule has 0 amide bonds. The van der Waals surface area contributed by atoms with E-state index < -0.39 is 0 Å². The minimum atomic E-state index is -0.311. The van der Waals surface area contributed by atoms with E-state index in [9.17, 15) is 0 Å². The highest BCUT2D eigenvalue weighted by Gasteiger charge is 2.29. The molecule has 6 heteroatoms. The maximum Gasteiger partial charge on any atom is 0.162 e. The summed E-state index contributed by atoms with van der Waals surface area (Å²) in [4.78, 5) is 10.5. The van der Waals surface area contributed by atoms with Crippen molar-refractivity contribution in [1.82, 2.24) is 14.5 Å². The number of nitrogens with zero attached hydrogens (tertiary/aromatic N) is 4. The molecule has 6 nitrogen and oxygen atoms in total. The van der Waals surface area contributed by atoms with Crippen molar-refractivity contribution in [2.45, 2.75) is 6.17 Å². The Balaban J connectivity index is 1.15. The van der Waals surface area contributed by atoms with Crippen molar-refractivity contribution in [2.75, 3.05) is 0 Å². The number of aromatic nitrogens is 2. The molecule has 0 aliphatic carbocycles. The van der Waals surface area contributed by atoms with Crippen LogP contribution in [-0.4, -0.2) is 20.8 Å². The number of rotatable bonds is 6. The first-order valence-electron chi connectivity index (χ1n) is 21.4. The maximum absolute atomic E-state index is 7.09. The molecule has 1 atom stereocenters. The average Bonchev–Trinajstić information content (AvgIpc) is 4.03.